The Labute approximate surface area is 183 Å². The molecule has 0 bridgehead atoms. The second kappa shape index (κ2) is 8.09. The molecule has 0 saturated heterocycles. The molecule has 0 saturated carbocycles. The van der Waals surface area contributed by atoms with E-state index >= 15 is 0 Å². The number of nitrogens with zero attached hydrogens (tertiary/aromatic N) is 5. The van der Waals surface area contributed by atoms with E-state index in [0.717, 1.165) is 11.1 Å². The molecular weight excluding hydrogens is 420 g/mol. The summed E-state index contributed by atoms with van der Waals surface area (Å²) in [6.45, 7) is 5.50. The number of pyridine rings is 2. The number of carbonyl (C=O) groups excluding carboxylic acids is 2. The zero-order chi connectivity index (χ0) is 22.3. The highest BCUT2D eigenvalue weighted by molar-refractivity contribution is 6.30. The number of aliphatic hydroxyl groups excluding tert-OH is 1. The number of hydrogen-bond acceptors (Lipinski definition) is 6. The van der Waals surface area contributed by atoms with Crippen molar-refractivity contribution in [2.75, 3.05) is 5.32 Å². The molecule has 2 N–H and O–H groups in total. The fraction of sp³-hybridized carbons (Fsp3) is 0.286. The highest BCUT2D eigenvalue weighted by Gasteiger charge is 2.34. The SMILES string of the molecule is Cc1cc(C(C)N2Cc3c(ccnc3NC(=O)[C@H](C)O)C2=O)cnc1-n1cc(Cl)cn1. The quantitative estimate of drug-likeness (QED) is 0.630. The number of rotatable bonds is 5. The van der Waals surface area contributed by atoms with Crippen LogP contribution >= 0.6 is 11.6 Å². The minimum absolute atomic E-state index is 0.155. The van der Waals surface area contributed by atoms with Crippen molar-refractivity contribution >= 4 is 29.2 Å². The zero-order valence-electron chi connectivity index (χ0n) is 17.2. The Kier molecular flexibility index (Phi) is 5.47. The highest BCUT2D eigenvalue weighted by atomic mass is 35.5. The van der Waals surface area contributed by atoms with Gasteiger partial charge in [0, 0.05) is 23.5 Å². The highest BCUT2D eigenvalue weighted by Crippen LogP contribution is 2.34. The number of nitrogens with one attached hydrogen (secondary N) is 1. The first kappa shape index (κ1) is 21.0. The van der Waals surface area contributed by atoms with Gasteiger partial charge in [-0.3, -0.25) is 9.59 Å². The number of carbonyl (C=O) groups is 2. The van der Waals surface area contributed by atoms with Crippen LogP contribution in [0.4, 0.5) is 5.82 Å². The van der Waals surface area contributed by atoms with E-state index < -0.39 is 12.0 Å². The third-order valence-corrected chi connectivity index (χ3v) is 5.48. The van der Waals surface area contributed by atoms with Gasteiger partial charge in [-0.1, -0.05) is 11.6 Å². The molecule has 1 unspecified atom stereocenters. The number of anilines is 1. The van der Waals surface area contributed by atoms with Gasteiger partial charge in [-0.25, -0.2) is 14.6 Å². The number of aliphatic hydroxyl groups is 1. The average molecular weight is 441 g/mol. The van der Waals surface area contributed by atoms with Gasteiger partial charge in [0.15, 0.2) is 5.82 Å². The smallest absolute Gasteiger partial charge is 0.255 e. The second-order valence-electron chi connectivity index (χ2n) is 7.47. The summed E-state index contributed by atoms with van der Waals surface area (Å²) in [4.78, 5) is 35.3. The number of hydrogen-bond donors (Lipinski definition) is 2. The normalized spacial score (nSPS) is 15.0. The van der Waals surface area contributed by atoms with E-state index in [4.69, 9.17) is 11.6 Å². The topological polar surface area (TPSA) is 113 Å². The Morgan fingerprint density at radius 1 is 1.29 bits per heavy atom. The minimum atomic E-state index is -1.18. The summed E-state index contributed by atoms with van der Waals surface area (Å²) in [5, 5.41) is 16.8. The number of aromatic nitrogens is 4. The molecule has 3 aromatic rings. The van der Waals surface area contributed by atoms with Crippen LogP contribution in [0.25, 0.3) is 5.82 Å². The molecule has 2 amide bonds. The van der Waals surface area contributed by atoms with Gasteiger partial charge in [0.05, 0.1) is 30.0 Å². The number of aryl methyl sites for hydroxylation is 1. The molecule has 3 aromatic heterocycles. The fourth-order valence-corrected chi connectivity index (χ4v) is 3.68. The number of fused-ring (bicyclic) bond motifs is 1. The van der Waals surface area contributed by atoms with Crippen molar-refractivity contribution in [1.82, 2.24) is 24.6 Å². The maximum Gasteiger partial charge on any atom is 0.255 e. The molecule has 0 radical (unpaired) electrons. The lowest BCUT2D eigenvalue weighted by Gasteiger charge is -2.25. The van der Waals surface area contributed by atoms with E-state index in [9.17, 15) is 14.7 Å². The van der Waals surface area contributed by atoms with E-state index in [-0.39, 0.29) is 24.3 Å². The molecule has 9 nitrogen and oxygen atoms in total. The lowest BCUT2D eigenvalue weighted by atomic mass is 10.1. The van der Waals surface area contributed by atoms with Crippen LogP contribution < -0.4 is 5.32 Å². The molecular formula is C21H21ClN6O3. The molecule has 160 valence electrons. The minimum Gasteiger partial charge on any atom is -0.384 e. The van der Waals surface area contributed by atoms with E-state index in [1.807, 2.05) is 19.9 Å². The first-order valence-electron chi connectivity index (χ1n) is 9.71. The summed E-state index contributed by atoms with van der Waals surface area (Å²) in [5.74, 6) is 0.213. The van der Waals surface area contributed by atoms with Crippen LogP contribution in [0, 0.1) is 6.92 Å². The molecule has 0 aliphatic carbocycles. The summed E-state index contributed by atoms with van der Waals surface area (Å²) >= 11 is 5.95. The van der Waals surface area contributed by atoms with Gasteiger partial charge >= 0.3 is 0 Å². The van der Waals surface area contributed by atoms with E-state index in [1.165, 1.54) is 13.1 Å². The first-order valence-corrected chi connectivity index (χ1v) is 10.1. The Morgan fingerprint density at radius 3 is 2.71 bits per heavy atom. The molecule has 4 heterocycles. The lowest BCUT2D eigenvalue weighted by Crippen LogP contribution is -2.28. The molecule has 2 atom stereocenters. The molecule has 1 aliphatic heterocycles. The predicted octanol–water partition coefficient (Wildman–Crippen LogP) is 2.66. The predicted molar refractivity (Wildman–Crippen MR) is 114 cm³/mol. The van der Waals surface area contributed by atoms with Crippen LogP contribution in [0.1, 0.15) is 46.9 Å². The van der Waals surface area contributed by atoms with Crippen LogP contribution in [0.3, 0.4) is 0 Å². The van der Waals surface area contributed by atoms with Crippen molar-refractivity contribution in [3.8, 4) is 5.82 Å². The molecule has 4 rings (SSSR count). The molecule has 0 aromatic carbocycles. The van der Waals surface area contributed by atoms with Gasteiger partial charge in [-0.15, -0.1) is 0 Å². The molecule has 10 heteroatoms. The molecule has 0 spiro atoms. The van der Waals surface area contributed by atoms with Crippen molar-refractivity contribution in [2.45, 2.75) is 39.5 Å². The van der Waals surface area contributed by atoms with Gasteiger partial charge in [-0.05, 0) is 44.0 Å². The number of amides is 2. The van der Waals surface area contributed by atoms with Crippen LogP contribution in [0.2, 0.25) is 5.02 Å². The Hall–Kier alpha value is -3.30. The largest absolute Gasteiger partial charge is 0.384 e. The zero-order valence-corrected chi connectivity index (χ0v) is 18.0. The third-order valence-electron chi connectivity index (χ3n) is 5.29. The Balaban J connectivity index is 1.59. The molecule has 1 aliphatic rings. The van der Waals surface area contributed by atoms with Gasteiger partial charge in [0.2, 0.25) is 0 Å². The van der Waals surface area contributed by atoms with Crippen molar-refractivity contribution in [1.29, 1.82) is 0 Å². The van der Waals surface area contributed by atoms with E-state index in [1.54, 1.807) is 34.2 Å². The summed E-state index contributed by atoms with van der Waals surface area (Å²) in [7, 11) is 0. The van der Waals surface area contributed by atoms with Crippen molar-refractivity contribution in [3.05, 3.63) is 64.2 Å². The van der Waals surface area contributed by atoms with Crippen LogP contribution in [0.15, 0.2) is 36.9 Å². The number of halogens is 1. The summed E-state index contributed by atoms with van der Waals surface area (Å²) in [6, 6.07) is 3.34. The average Bonchev–Trinajstić information content (AvgIpc) is 3.31. The lowest BCUT2D eigenvalue weighted by molar-refractivity contribution is -0.123. The summed E-state index contributed by atoms with van der Waals surface area (Å²) in [5.41, 5.74) is 2.86. The van der Waals surface area contributed by atoms with Crippen molar-refractivity contribution < 1.29 is 14.7 Å². The Bertz CT molecular complexity index is 1180. The molecule has 31 heavy (non-hydrogen) atoms. The fourth-order valence-electron chi connectivity index (χ4n) is 3.55. The maximum atomic E-state index is 13.0. The van der Waals surface area contributed by atoms with Gasteiger partial charge in [-0.2, -0.15) is 5.10 Å². The van der Waals surface area contributed by atoms with Crippen molar-refractivity contribution in [2.24, 2.45) is 0 Å². The van der Waals surface area contributed by atoms with E-state index in [2.05, 4.69) is 20.4 Å². The Morgan fingerprint density at radius 2 is 2.06 bits per heavy atom. The van der Waals surface area contributed by atoms with Crippen molar-refractivity contribution in [3.63, 3.8) is 0 Å². The maximum absolute atomic E-state index is 13.0. The monoisotopic (exact) mass is 440 g/mol. The van der Waals surface area contributed by atoms with Crippen LogP contribution in [0.5, 0.6) is 0 Å². The third kappa shape index (κ3) is 3.89. The summed E-state index contributed by atoms with van der Waals surface area (Å²) < 4.78 is 1.60. The van der Waals surface area contributed by atoms with Gasteiger partial charge in [0.1, 0.15) is 11.9 Å². The van der Waals surface area contributed by atoms with Crippen LogP contribution in [-0.2, 0) is 11.3 Å². The van der Waals surface area contributed by atoms with Gasteiger partial charge in [0.25, 0.3) is 11.8 Å². The second-order valence-corrected chi connectivity index (χ2v) is 7.91. The standard InChI is InChI=1S/C21H21ClN6O3/c1-11-6-14(7-24-19(11)28-9-15(22)8-25-28)12(2)27-10-17-16(21(27)31)4-5-23-18(17)26-20(30)13(3)29/h4-9,12-13,29H,10H2,1-3H3,(H,23,26,30)/t12?,13-/m0/s1. The molecule has 0 fully saturated rings. The van der Waals surface area contributed by atoms with E-state index in [0.29, 0.717) is 22.0 Å². The summed E-state index contributed by atoms with van der Waals surface area (Å²) in [6.07, 6.45) is 5.23. The first-order chi connectivity index (χ1) is 14.8. The van der Waals surface area contributed by atoms with Gasteiger partial charge < -0.3 is 15.3 Å². The van der Waals surface area contributed by atoms with Crippen LogP contribution in [-0.4, -0.2) is 47.7 Å².